The number of hydrogen-bond donors (Lipinski definition) is 0. The Balaban J connectivity index is 2.21. The maximum Gasteiger partial charge on any atom is 0.344 e. The Bertz CT molecular complexity index is 745. The molecule has 0 aromatic heterocycles. The second-order valence-electron chi connectivity index (χ2n) is 4.31. The molecule has 0 N–H and O–H groups in total. The first kappa shape index (κ1) is 16.6. The smallest absolute Gasteiger partial charge is 0.344 e. The van der Waals surface area contributed by atoms with Gasteiger partial charge in [-0.2, -0.15) is 0 Å². The molecule has 0 aliphatic heterocycles. The van der Waals surface area contributed by atoms with Crippen LogP contribution in [-0.2, 0) is 4.74 Å². The molecule has 2 aromatic carbocycles. The minimum atomic E-state index is -2.39. The Morgan fingerprint density at radius 2 is 1.26 bits per heavy atom. The highest BCUT2D eigenvalue weighted by Gasteiger charge is 2.30. The van der Waals surface area contributed by atoms with Crippen molar-refractivity contribution in [2.45, 2.75) is 0 Å². The van der Waals surface area contributed by atoms with Gasteiger partial charge in [-0.25, -0.2) is 26.7 Å². The average Bonchev–Trinajstić information content (AvgIpc) is 2.57. The highest BCUT2D eigenvalue weighted by molar-refractivity contribution is 5.99. The van der Waals surface area contributed by atoms with Crippen molar-refractivity contribution < 1.29 is 36.3 Å². The number of ether oxygens (including phenoxy) is 1. The predicted molar refractivity (Wildman–Crippen MR) is 67.3 cm³/mol. The molecule has 0 fully saturated rings. The predicted octanol–water partition coefficient (Wildman–Crippen LogP) is 3.42. The lowest BCUT2D eigenvalue weighted by Crippen LogP contribution is -2.19. The van der Waals surface area contributed by atoms with Crippen molar-refractivity contribution in [3.8, 4) is 0 Å². The number of carbonyl (C=O) groups is 2. The van der Waals surface area contributed by atoms with Gasteiger partial charge in [0.05, 0.1) is 0 Å². The van der Waals surface area contributed by atoms with Crippen LogP contribution in [0.5, 0.6) is 0 Å². The van der Waals surface area contributed by atoms with E-state index >= 15 is 0 Å². The molecule has 0 spiro atoms. The average molecular weight is 330 g/mol. The second kappa shape index (κ2) is 6.55. The summed E-state index contributed by atoms with van der Waals surface area (Å²) in [4.78, 5) is 23.2. The van der Waals surface area contributed by atoms with Gasteiger partial charge in [-0.15, -0.1) is 0 Å². The van der Waals surface area contributed by atoms with Crippen LogP contribution >= 0.6 is 0 Å². The van der Waals surface area contributed by atoms with Crippen LogP contribution < -0.4 is 0 Å². The summed E-state index contributed by atoms with van der Waals surface area (Å²) in [7, 11) is 0. The van der Waals surface area contributed by atoms with E-state index < -0.39 is 53.0 Å². The summed E-state index contributed by atoms with van der Waals surface area (Å²) in [6, 6.07) is 7.47. The molecule has 0 saturated heterocycles. The fourth-order valence-electron chi connectivity index (χ4n) is 1.69. The van der Waals surface area contributed by atoms with Gasteiger partial charge in [0.15, 0.2) is 35.7 Å². The largest absolute Gasteiger partial charge is 0.454 e. The fourth-order valence-corrected chi connectivity index (χ4v) is 1.69. The first-order chi connectivity index (χ1) is 10.8. The lowest BCUT2D eigenvalue weighted by Gasteiger charge is -2.08. The Kier molecular flexibility index (Phi) is 4.73. The van der Waals surface area contributed by atoms with E-state index in [1.54, 1.807) is 6.07 Å². The molecular formula is C15H7F5O3. The SMILES string of the molecule is O=C(COC(=O)c1c(F)c(F)c(F)c(F)c1F)c1ccccc1. The standard InChI is InChI=1S/C15H7F5O3/c16-10-9(11(17)13(19)14(20)12(10)18)15(22)23-6-8(21)7-4-2-1-3-5-7/h1-5H,6H2. The Morgan fingerprint density at radius 3 is 1.78 bits per heavy atom. The van der Waals surface area contributed by atoms with Gasteiger partial charge in [0.1, 0.15) is 5.56 Å². The molecule has 2 aromatic rings. The van der Waals surface area contributed by atoms with E-state index in [0.717, 1.165) is 0 Å². The molecule has 23 heavy (non-hydrogen) atoms. The van der Waals surface area contributed by atoms with E-state index in [9.17, 15) is 31.5 Å². The fraction of sp³-hybridized carbons (Fsp3) is 0.0667. The van der Waals surface area contributed by atoms with Crippen LogP contribution in [0.3, 0.4) is 0 Å². The summed E-state index contributed by atoms with van der Waals surface area (Å²) in [5, 5.41) is 0. The third-order valence-electron chi connectivity index (χ3n) is 2.84. The zero-order chi connectivity index (χ0) is 17.1. The van der Waals surface area contributed by atoms with Gasteiger partial charge < -0.3 is 4.74 Å². The van der Waals surface area contributed by atoms with E-state index in [4.69, 9.17) is 0 Å². The topological polar surface area (TPSA) is 43.4 Å². The summed E-state index contributed by atoms with van der Waals surface area (Å²) in [6.07, 6.45) is 0. The lowest BCUT2D eigenvalue weighted by molar-refractivity contribution is 0.0462. The van der Waals surface area contributed by atoms with E-state index in [0.29, 0.717) is 0 Å². The summed E-state index contributed by atoms with van der Waals surface area (Å²) in [5.41, 5.74) is -1.60. The van der Waals surface area contributed by atoms with Crippen molar-refractivity contribution in [2.24, 2.45) is 0 Å². The highest BCUT2D eigenvalue weighted by Crippen LogP contribution is 2.23. The highest BCUT2D eigenvalue weighted by atomic mass is 19.2. The molecule has 120 valence electrons. The zero-order valence-corrected chi connectivity index (χ0v) is 11.2. The van der Waals surface area contributed by atoms with Gasteiger partial charge in [-0.1, -0.05) is 30.3 Å². The Labute approximate surface area is 126 Å². The normalized spacial score (nSPS) is 10.5. The van der Waals surface area contributed by atoms with Gasteiger partial charge in [-0.3, -0.25) is 4.79 Å². The van der Waals surface area contributed by atoms with Crippen LogP contribution in [0.25, 0.3) is 0 Å². The van der Waals surface area contributed by atoms with Gasteiger partial charge >= 0.3 is 5.97 Å². The van der Waals surface area contributed by atoms with Crippen LogP contribution in [0.15, 0.2) is 30.3 Å². The monoisotopic (exact) mass is 330 g/mol. The van der Waals surface area contributed by atoms with Crippen LogP contribution in [-0.4, -0.2) is 18.4 Å². The van der Waals surface area contributed by atoms with Crippen molar-refractivity contribution in [2.75, 3.05) is 6.61 Å². The molecule has 8 heteroatoms. The van der Waals surface area contributed by atoms with Crippen molar-refractivity contribution in [3.63, 3.8) is 0 Å². The number of ketones is 1. The van der Waals surface area contributed by atoms with Gasteiger partial charge in [0.2, 0.25) is 5.82 Å². The van der Waals surface area contributed by atoms with Crippen molar-refractivity contribution >= 4 is 11.8 Å². The summed E-state index contributed by atoms with van der Waals surface area (Å²) >= 11 is 0. The molecule has 3 nitrogen and oxygen atoms in total. The molecule has 0 aliphatic rings. The van der Waals surface area contributed by atoms with Crippen LogP contribution in [0, 0.1) is 29.1 Å². The van der Waals surface area contributed by atoms with Gasteiger partial charge in [0.25, 0.3) is 0 Å². The van der Waals surface area contributed by atoms with E-state index in [1.165, 1.54) is 24.3 Å². The van der Waals surface area contributed by atoms with Crippen molar-refractivity contribution in [3.05, 3.63) is 70.5 Å². The quantitative estimate of drug-likeness (QED) is 0.284. The number of hydrogen-bond acceptors (Lipinski definition) is 3. The maximum absolute atomic E-state index is 13.4. The Morgan fingerprint density at radius 1 is 0.783 bits per heavy atom. The molecular weight excluding hydrogens is 323 g/mol. The number of carbonyl (C=O) groups excluding carboxylic acids is 2. The first-order valence-electron chi connectivity index (χ1n) is 6.11. The summed E-state index contributed by atoms with van der Waals surface area (Å²) in [6.45, 7) is -0.914. The molecule has 0 unspecified atom stereocenters. The third-order valence-corrected chi connectivity index (χ3v) is 2.84. The number of halogens is 5. The molecule has 0 bridgehead atoms. The molecule has 0 atom stereocenters. The minimum absolute atomic E-state index is 0.151. The summed E-state index contributed by atoms with van der Waals surface area (Å²) in [5.74, 6) is -14.1. The number of Topliss-reactive ketones (excluding diaryl/α,β-unsaturated/α-hetero) is 1. The van der Waals surface area contributed by atoms with Crippen molar-refractivity contribution in [1.29, 1.82) is 0 Å². The second-order valence-corrected chi connectivity index (χ2v) is 4.31. The summed E-state index contributed by atoms with van der Waals surface area (Å²) < 4.78 is 70.0. The number of esters is 1. The maximum atomic E-state index is 13.4. The first-order valence-corrected chi connectivity index (χ1v) is 6.11. The van der Waals surface area contributed by atoms with Crippen LogP contribution in [0.1, 0.15) is 20.7 Å². The molecule has 0 aliphatic carbocycles. The number of rotatable bonds is 4. The minimum Gasteiger partial charge on any atom is -0.454 e. The van der Waals surface area contributed by atoms with E-state index in [1.807, 2.05) is 0 Å². The molecule has 0 amide bonds. The molecule has 0 saturated carbocycles. The third kappa shape index (κ3) is 3.20. The van der Waals surface area contributed by atoms with Gasteiger partial charge in [0, 0.05) is 5.56 Å². The van der Waals surface area contributed by atoms with Gasteiger partial charge in [-0.05, 0) is 0 Å². The molecule has 0 heterocycles. The van der Waals surface area contributed by atoms with Crippen molar-refractivity contribution in [1.82, 2.24) is 0 Å². The molecule has 0 radical (unpaired) electrons. The van der Waals surface area contributed by atoms with E-state index in [-0.39, 0.29) is 5.56 Å². The van der Waals surface area contributed by atoms with Crippen LogP contribution in [0.4, 0.5) is 22.0 Å². The molecule has 2 rings (SSSR count). The lowest BCUT2D eigenvalue weighted by atomic mass is 10.1. The van der Waals surface area contributed by atoms with Crippen LogP contribution in [0.2, 0.25) is 0 Å². The Hall–Kier alpha value is -2.77. The zero-order valence-electron chi connectivity index (χ0n) is 11.2. The number of benzene rings is 2. The van der Waals surface area contributed by atoms with E-state index in [2.05, 4.69) is 4.74 Å².